The van der Waals surface area contributed by atoms with E-state index in [2.05, 4.69) is 18.9 Å². The summed E-state index contributed by atoms with van der Waals surface area (Å²) < 4.78 is 0. The molecule has 0 bridgehead atoms. The highest BCUT2D eigenvalue weighted by Gasteiger charge is 2.20. The van der Waals surface area contributed by atoms with E-state index in [1.54, 1.807) is 0 Å². The van der Waals surface area contributed by atoms with Crippen LogP contribution in [0.5, 0.6) is 0 Å². The first-order valence-corrected chi connectivity index (χ1v) is 6.19. The second-order valence-electron chi connectivity index (χ2n) is 3.72. The molecule has 1 heterocycles. The van der Waals surface area contributed by atoms with E-state index in [0.29, 0.717) is 18.4 Å². The number of carbonyl (C=O) groups excluding carboxylic acids is 1. The Kier molecular flexibility index (Phi) is 4.81. The highest BCUT2D eigenvalue weighted by atomic mass is 32.2. The zero-order chi connectivity index (χ0) is 9.68. The molecule has 0 radical (unpaired) electrons. The summed E-state index contributed by atoms with van der Waals surface area (Å²) in [6.07, 6.45) is 2.97. The Bertz CT molecular complexity index is 166. The minimum absolute atomic E-state index is 0.391. The standard InChI is InChI=1S/C10H19NOS/c1-3-4-10(12)7-11(2)9-5-6-13-8-9/h9H,3-8H2,1-2H3. The van der Waals surface area contributed by atoms with Crippen LogP contribution in [-0.4, -0.2) is 41.8 Å². The predicted octanol–water partition coefficient (Wildman–Crippen LogP) is 1.79. The molecule has 0 aromatic carbocycles. The molecular weight excluding hydrogens is 182 g/mol. The van der Waals surface area contributed by atoms with Crippen molar-refractivity contribution in [1.29, 1.82) is 0 Å². The molecule has 3 heteroatoms. The Morgan fingerprint density at radius 3 is 2.92 bits per heavy atom. The first-order chi connectivity index (χ1) is 6.24. The molecule has 1 unspecified atom stereocenters. The highest BCUT2D eigenvalue weighted by Crippen LogP contribution is 2.21. The van der Waals surface area contributed by atoms with Gasteiger partial charge in [0.1, 0.15) is 5.78 Å². The van der Waals surface area contributed by atoms with Crippen LogP contribution in [0, 0.1) is 0 Å². The molecule has 1 fully saturated rings. The number of carbonyl (C=O) groups is 1. The van der Waals surface area contributed by atoms with Gasteiger partial charge in [0, 0.05) is 18.2 Å². The fraction of sp³-hybridized carbons (Fsp3) is 0.900. The van der Waals surface area contributed by atoms with E-state index >= 15 is 0 Å². The summed E-state index contributed by atoms with van der Waals surface area (Å²) in [5.74, 6) is 2.86. The second-order valence-corrected chi connectivity index (χ2v) is 4.87. The van der Waals surface area contributed by atoms with Gasteiger partial charge < -0.3 is 0 Å². The van der Waals surface area contributed by atoms with Gasteiger partial charge in [-0.1, -0.05) is 6.92 Å². The van der Waals surface area contributed by atoms with Crippen molar-refractivity contribution in [2.75, 3.05) is 25.1 Å². The third-order valence-electron chi connectivity index (χ3n) is 2.48. The van der Waals surface area contributed by atoms with E-state index in [1.807, 2.05) is 11.8 Å². The molecule has 13 heavy (non-hydrogen) atoms. The maximum Gasteiger partial charge on any atom is 0.146 e. The molecule has 0 amide bonds. The van der Waals surface area contributed by atoms with Crippen molar-refractivity contribution >= 4 is 17.5 Å². The fourth-order valence-electron chi connectivity index (χ4n) is 1.63. The summed E-state index contributed by atoms with van der Waals surface area (Å²) in [6, 6.07) is 0.644. The summed E-state index contributed by atoms with van der Waals surface area (Å²) in [4.78, 5) is 13.6. The van der Waals surface area contributed by atoms with Gasteiger partial charge in [-0.25, -0.2) is 0 Å². The molecule has 0 N–H and O–H groups in total. The summed E-state index contributed by atoms with van der Waals surface area (Å²) in [5, 5.41) is 0. The van der Waals surface area contributed by atoms with Crippen molar-refractivity contribution in [3.8, 4) is 0 Å². The van der Waals surface area contributed by atoms with Crippen LogP contribution in [0.2, 0.25) is 0 Å². The number of likely N-dealkylation sites (N-methyl/N-ethyl adjacent to an activating group) is 1. The molecule has 2 nitrogen and oxygen atoms in total. The normalized spacial score (nSPS) is 22.5. The molecule has 1 aliphatic rings. The summed E-state index contributed by atoms with van der Waals surface area (Å²) in [6.45, 7) is 2.71. The van der Waals surface area contributed by atoms with Crippen LogP contribution >= 0.6 is 11.8 Å². The van der Waals surface area contributed by atoms with E-state index in [1.165, 1.54) is 17.9 Å². The van der Waals surface area contributed by atoms with Gasteiger partial charge in [-0.05, 0) is 25.6 Å². The first kappa shape index (κ1) is 11.1. The highest BCUT2D eigenvalue weighted by molar-refractivity contribution is 7.99. The van der Waals surface area contributed by atoms with Gasteiger partial charge in [-0.3, -0.25) is 9.69 Å². The number of hydrogen-bond acceptors (Lipinski definition) is 3. The molecule has 0 spiro atoms. The topological polar surface area (TPSA) is 20.3 Å². The Balaban J connectivity index is 2.22. The van der Waals surface area contributed by atoms with Crippen molar-refractivity contribution in [2.24, 2.45) is 0 Å². The molecule has 0 aliphatic carbocycles. The van der Waals surface area contributed by atoms with Gasteiger partial charge in [0.15, 0.2) is 0 Å². The average Bonchev–Trinajstić information content (AvgIpc) is 2.55. The Morgan fingerprint density at radius 2 is 2.38 bits per heavy atom. The van der Waals surface area contributed by atoms with Crippen molar-refractivity contribution in [3.05, 3.63) is 0 Å². The van der Waals surface area contributed by atoms with Crippen LogP contribution in [0.3, 0.4) is 0 Å². The predicted molar refractivity (Wildman–Crippen MR) is 58.3 cm³/mol. The smallest absolute Gasteiger partial charge is 0.146 e. The minimum Gasteiger partial charge on any atom is -0.298 e. The van der Waals surface area contributed by atoms with Crippen LogP contribution < -0.4 is 0 Å². The van der Waals surface area contributed by atoms with Crippen molar-refractivity contribution in [2.45, 2.75) is 32.2 Å². The number of nitrogens with zero attached hydrogens (tertiary/aromatic N) is 1. The number of hydrogen-bond donors (Lipinski definition) is 0. The minimum atomic E-state index is 0.391. The number of ketones is 1. The van der Waals surface area contributed by atoms with Crippen LogP contribution in [-0.2, 0) is 4.79 Å². The molecule has 1 rings (SSSR count). The molecule has 1 atom stereocenters. The monoisotopic (exact) mass is 201 g/mol. The Labute approximate surface area is 85.1 Å². The lowest BCUT2D eigenvalue weighted by Crippen LogP contribution is -2.35. The zero-order valence-corrected chi connectivity index (χ0v) is 9.40. The number of rotatable bonds is 5. The molecule has 1 aliphatic heterocycles. The lowest BCUT2D eigenvalue weighted by Gasteiger charge is -2.22. The Hall–Kier alpha value is -0.0200. The first-order valence-electron chi connectivity index (χ1n) is 5.03. The summed E-state index contributed by atoms with van der Waals surface area (Å²) >= 11 is 2.00. The van der Waals surface area contributed by atoms with Gasteiger partial charge in [-0.15, -0.1) is 0 Å². The fourth-order valence-corrected chi connectivity index (χ4v) is 2.93. The number of thioether (sulfide) groups is 1. The van der Waals surface area contributed by atoms with Gasteiger partial charge in [-0.2, -0.15) is 11.8 Å². The van der Waals surface area contributed by atoms with Gasteiger partial charge in [0.2, 0.25) is 0 Å². The van der Waals surface area contributed by atoms with E-state index in [9.17, 15) is 4.79 Å². The maximum atomic E-state index is 11.4. The third kappa shape index (κ3) is 3.69. The largest absolute Gasteiger partial charge is 0.298 e. The van der Waals surface area contributed by atoms with Gasteiger partial charge in [0.05, 0.1) is 6.54 Å². The van der Waals surface area contributed by atoms with Crippen LogP contribution in [0.1, 0.15) is 26.2 Å². The van der Waals surface area contributed by atoms with Gasteiger partial charge >= 0.3 is 0 Å². The van der Waals surface area contributed by atoms with Crippen molar-refractivity contribution in [1.82, 2.24) is 4.90 Å². The molecule has 0 aromatic rings. The van der Waals surface area contributed by atoms with Crippen LogP contribution in [0.15, 0.2) is 0 Å². The quantitative estimate of drug-likeness (QED) is 0.676. The second kappa shape index (κ2) is 5.66. The van der Waals surface area contributed by atoms with E-state index in [4.69, 9.17) is 0 Å². The summed E-state index contributed by atoms with van der Waals surface area (Å²) in [7, 11) is 2.07. The summed E-state index contributed by atoms with van der Waals surface area (Å²) in [5.41, 5.74) is 0. The third-order valence-corrected chi connectivity index (χ3v) is 3.63. The van der Waals surface area contributed by atoms with Crippen LogP contribution in [0.4, 0.5) is 0 Å². The average molecular weight is 201 g/mol. The van der Waals surface area contributed by atoms with Crippen molar-refractivity contribution < 1.29 is 4.79 Å². The zero-order valence-electron chi connectivity index (χ0n) is 8.58. The molecule has 1 saturated heterocycles. The Morgan fingerprint density at radius 1 is 1.62 bits per heavy atom. The lowest BCUT2D eigenvalue weighted by atomic mass is 10.2. The molecule has 76 valence electrons. The van der Waals surface area contributed by atoms with Gasteiger partial charge in [0.25, 0.3) is 0 Å². The number of Topliss-reactive ketones (excluding diaryl/α,β-unsaturated/α-hetero) is 1. The van der Waals surface area contributed by atoms with Crippen LogP contribution in [0.25, 0.3) is 0 Å². The van der Waals surface area contributed by atoms with E-state index < -0.39 is 0 Å². The van der Waals surface area contributed by atoms with E-state index in [0.717, 1.165) is 12.8 Å². The molecule has 0 aromatic heterocycles. The van der Waals surface area contributed by atoms with E-state index in [-0.39, 0.29) is 0 Å². The maximum absolute atomic E-state index is 11.4. The van der Waals surface area contributed by atoms with Crippen molar-refractivity contribution in [3.63, 3.8) is 0 Å². The lowest BCUT2D eigenvalue weighted by molar-refractivity contribution is -0.120. The molecular formula is C10H19NOS. The SMILES string of the molecule is CCCC(=O)CN(C)C1CCSC1. The molecule has 0 saturated carbocycles.